The van der Waals surface area contributed by atoms with Crippen LogP contribution in [0.25, 0.3) is 0 Å². The number of halogens is 1. The van der Waals surface area contributed by atoms with Gasteiger partial charge in [-0.1, -0.05) is 31.7 Å². The van der Waals surface area contributed by atoms with Gasteiger partial charge in [0.2, 0.25) is 11.9 Å². The van der Waals surface area contributed by atoms with E-state index in [1.54, 1.807) is 24.3 Å². The molecule has 0 saturated heterocycles. The molecule has 172 valence electrons. The number of amides is 2. The quantitative estimate of drug-likeness (QED) is 0.451. The summed E-state index contributed by atoms with van der Waals surface area (Å²) in [6.45, 7) is 1.81. The Morgan fingerprint density at radius 2 is 2.06 bits per heavy atom. The highest BCUT2D eigenvalue weighted by Gasteiger charge is 2.28. The van der Waals surface area contributed by atoms with E-state index in [1.807, 2.05) is 6.92 Å². The van der Waals surface area contributed by atoms with Crippen LogP contribution in [0, 0.1) is 18.7 Å². The molecule has 8 nitrogen and oxygen atoms in total. The van der Waals surface area contributed by atoms with Crippen LogP contribution in [-0.2, 0) is 4.79 Å². The molecule has 2 amide bonds. The average molecular weight is 469 g/mol. The number of nitrogens with zero attached hydrogens (tertiary/aromatic N) is 3. The van der Waals surface area contributed by atoms with Crippen molar-refractivity contribution in [3.63, 3.8) is 0 Å². The third kappa shape index (κ3) is 6.10. The Morgan fingerprint density at radius 3 is 2.79 bits per heavy atom. The van der Waals surface area contributed by atoms with Gasteiger partial charge in [-0.3, -0.25) is 19.9 Å². The SMILES string of the molecule is Cc1nc(NC(=O)[C@H](CC2CCCC2)NC(=O)c2cccc(Nc3ccncc3F)c2)ns1. The first kappa shape index (κ1) is 22.8. The Bertz CT molecular complexity index is 1130. The first-order valence-corrected chi connectivity index (χ1v) is 11.6. The number of aromatic nitrogens is 3. The molecule has 4 rings (SSSR count). The Labute approximate surface area is 195 Å². The van der Waals surface area contributed by atoms with Gasteiger partial charge in [0, 0.05) is 17.4 Å². The van der Waals surface area contributed by atoms with Crippen molar-refractivity contribution in [2.45, 2.75) is 45.1 Å². The number of hydrogen-bond acceptors (Lipinski definition) is 7. The molecule has 0 aliphatic heterocycles. The topological polar surface area (TPSA) is 109 Å². The number of aryl methyl sites for hydroxylation is 1. The van der Waals surface area contributed by atoms with E-state index < -0.39 is 11.9 Å². The number of rotatable bonds is 8. The van der Waals surface area contributed by atoms with Crippen molar-refractivity contribution in [3.8, 4) is 0 Å². The summed E-state index contributed by atoms with van der Waals surface area (Å²) < 4.78 is 18.0. The summed E-state index contributed by atoms with van der Waals surface area (Å²) in [4.78, 5) is 33.9. The monoisotopic (exact) mass is 468 g/mol. The molecule has 33 heavy (non-hydrogen) atoms. The number of carbonyl (C=O) groups excluding carboxylic acids is 2. The average Bonchev–Trinajstić information content (AvgIpc) is 3.46. The van der Waals surface area contributed by atoms with E-state index in [1.165, 1.54) is 23.8 Å². The lowest BCUT2D eigenvalue weighted by Gasteiger charge is -2.21. The molecule has 1 saturated carbocycles. The van der Waals surface area contributed by atoms with Crippen LogP contribution in [0.5, 0.6) is 0 Å². The van der Waals surface area contributed by atoms with E-state index in [-0.39, 0.29) is 23.5 Å². The molecular weight excluding hydrogens is 443 g/mol. The zero-order valence-electron chi connectivity index (χ0n) is 18.2. The van der Waals surface area contributed by atoms with E-state index in [2.05, 4.69) is 30.3 Å². The third-order valence-corrected chi connectivity index (χ3v) is 6.22. The second-order valence-electron chi connectivity index (χ2n) is 8.10. The summed E-state index contributed by atoms with van der Waals surface area (Å²) >= 11 is 1.20. The minimum absolute atomic E-state index is 0.249. The van der Waals surface area contributed by atoms with Crippen LogP contribution in [0.15, 0.2) is 42.7 Å². The van der Waals surface area contributed by atoms with E-state index in [4.69, 9.17) is 0 Å². The molecule has 3 aromatic rings. The fraction of sp³-hybridized carbons (Fsp3) is 0.348. The molecule has 1 atom stereocenters. The van der Waals surface area contributed by atoms with Crippen molar-refractivity contribution in [1.29, 1.82) is 0 Å². The van der Waals surface area contributed by atoms with Gasteiger partial charge in [-0.2, -0.15) is 4.37 Å². The van der Waals surface area contributed by atoms with Crippen LogP contribution in [0.4, 0.5) is 21.7 Å². The first-order valence-electron chi connectivity index (χ1n) is 10.9. The van der Waals surface area contributed by atoms with Gasteiger partial charge in [0.15, 0.2) is 5.82 Å². The second kappa shape index (κ2) is 10.5. The summed E-state index contributed by atoms with van der Waals surface area (Å²) in [6.07, 6.45) is 7.52. The van der Waals surface area contributed by atoms with Crippen LogP contribution in [-0.4, -0.2) is 32.2 Å². The van der Waals surface area contributed by atoms with Crippen LogP contribution >= 0.6 is 11.5 Å². The van der Waals surface area contributed by atoms with E-state index >= 15 is 0 Å². The van der Waals surface area contributed by atoms with Gasteiger partial charge in [-0.05, 0) is 55.1 Å². The highest BCUT2D eigenvalue weighted by Crippen LogP contribution is 2.29. The number of nitrogens with one attached hydrogen (secondary N) is 3. The molecule has 2 heterocycles. The van der Waals surface area contributed by atoms with Gasteiger partial charge in [-0.15, -0.1) is 0 Å². The van der Waals surface area contributed by atoms with Gasteiger partial charge in [0.1, 0.15) is 11.0 Å². The molecule has 10 heteroatoms. The van der Waals surface area contributed by atoms with Crippen LogP contribution in [0.2, 0.25) is 0 Å². The number of anilines is 3. The standard InChI is InChI=1S/C23H25FN6O2S/c1-14-26-23(30-33-14)29-22(32)20(11-15-5-2-3-6-15)28-21(31)16-7-4-8-17(12-16)27-19-9-10-25-13-18(19)24/h4,7-10,12-13,15,20H,2-3,5-6,11H2,1H3,(H,25,27)(H,28,31)(H,29,30,32)/t20-/m0/s1. The maximum absolute atomic E-state index is 13.9. The maximum Gasteiger partial charge on any atom is 0.252 e. The predicted octanol–water partition coefficient (Wildman–Crippen LogP) is 4.44. The summed E-state index contributed by atoms with van der Waals surface area (Å²) in [7, 11) is 0. The molecule has 1 aromatic carbocycles. The van der Waals surface area contributed by atoms with Crippen LogP contribution in [0.1, 0.15) is 47.5 Å². The summed E-state index contributed by atoms with van der Waals surface area (Å²) in [5, 5.41) is 9.29. The van der Waals surface area contributed by atoms with Crippen molar-refractivity contribution < 1.29 is 14.0 Å². The smallest absolute Gasteiger partial charge is 0.252 e. The molecule has 3 N–H and O–H groups in total. The summed E-state index contributed by atoms with van der Waals surface area (Å²) in [6, 6.07) is 7.50. The lowest BCUT2D eigenvalue weighted by atomic mass is 9.97. The Hall–Kier alpha value is -3.40. The highest BCUT2D eigenvalue weighted by atomic mass is 32.1. The number of hydrogen-bond donors (Lipinski definition) is 3. The Kier molecular flexibility index (Phi) is 7.23. The molecule has 1 fully saturated rings. The predicted molar refractivity (Wildman–Crippen MR) is 125 cm³/mol. The summed E-state index contributed by atoms with van der Waals surface area (Å²) in [5.41, 5.74) is 1.17. The van der Waals surface area contributed by atoms with Gasteiger partial charge in [-0.25, -0.2) is 9.37 Å². The van der Waals surface area contributed by atoms with E-state index in [0.29, 0.717) is 23.6 Å². The van der Waals surface area contributed by atoms with Crippen LogP contribution < -0.4 is 16.0 Å². The van der Waals surface area contributed by atoms with Crippen molar-refractivity contribution in [3.05, 3.63) is 59.1 Å². The largest absolute Gasteiger partial charge is 0.353 e. The molecule has 0 spiro atoms. The molecule has 0 unspecified atom stereocenters. The van der Waals surface area contributed by atoms with Gasteiger partial charge in [0.05, 0.1) is 11.9 Å². The molecule has 0 bridgehead atoms. The number of pyridine rings is 1. The Balaban J connectivity index is 1.47. The van der Waals surface area contributed by atoms with Crippen molar-refractivity contribution in [2.75, 3.05) is 10.6 Å². The fourth-order valence-electron chi connectivity index (χ4n) is 3.97. The molecule has 1 aliphatic carbocycles. The van der Waals surface area contributed by atoms with Gasteiger partial charge >= 0.3 is 0 Å². The lowest BCUT2D eigenvalue weighted by Crippen LogP contribution is -2.45. The molecule has 0 radical (unpaired) electrons. The minimum Gasteiger partial charge on any atom is -0.353 e. The third-order valence-electron chi connectivity index (χ3n) is 5.60. The maximum atomic E-state index is 13.9. The summed E-state index contributed by atoms with van der Waals surface area (Å²) in [5.74, 6) is -0.574. The highest BCUT2D eigenvalue weighted by molar-refractivity contribution is 7.05. The zero-order valence-corrected chi connectivity index (χ0v) is 19.0. The molecular formula is C23H25FN6O2S. The van der Waals surface area contributed by atoms with Gasteiger partial charge in [0.25, 0.3) is 5.91 Å². The Morgan fingerprint density at radius 1 is 1.24 bits per heavy atom. The van der Waals surface area contributed by atoms with Crippen molar-refractivity contribution in [2.24, 2.45) is 5.92 Å². The minimum atomic E-state index is -0.710. The zero-order chi connectivity index (χ0) is 23.2. The van der Waals surface area contributed by atoms with E-state index in [0.717, 1.165) is 36.9 Å². The second-order valence-corrected chi connectivity index (χ2v) is 9.06. The normalized spacial score (nSPS) is 14.6. The molecule has 1 aliphatic rings. The van der Waals surface area contributed by atoms with Crippen LogP contribution in [0.3, 0.4) is 0 Å². The van der Waals surface area contributed by atoms with Gasteiger partial charge < -0.3 is 10.6 Å². The number of benzene rings is 1. The van der Waals surface area contributed by atoms with Crippen molar-refractivity contribution >= 4 is 40.7 Å². The molecule has 2 aromatic heterocycles. The lowest BCUT2D eigenvalue weighted by molar-refractivity contribution is -0.118. The fourth-order valence-corrected chi connectivity index (χ4v) is 4.40. The first-order chi connectivity index (χ1) is 16.0. The van der Waals surface area contributed by atoms with E-state index in [9.17, 15) is 14.0 Å². The van der Waals surface area contributed by atoms with Crippen molar-refractivity contribution in [1.82, 2.24) is 19.7 Å². The number of carbonyl (C=O) groups is 2.